The second kappa shape index (κ2) is 9.85. The van der Waals surface area contributed by atoms with Gasteiger partial charge in [-0.3, -0.25) is 0 Å². The van der Waals surface area contributed by atoms with Crippen molar-refractivity contribution < 1.29 is 14.6 Å². The van der Waals surface area contributed by atoms with E-state index in [-0.39, 0.29) is 25.6 Å². The number of aliphatic hydroxyl groups excluding tert-OH is 2. The molecule has 6 heteroatoms. The lowest BCUT2D eigenvalue weighted by Gasteiger charge is -2.24. The van der Waals surface area contributed by atoms with Gasteiger partial charge in [-0.05, 0) is 29.5 Å². The minimum absolute atomic E-state index is 0. The number of aryl methyl sites for hydroxylation is 2. The van der Waals surface area contributed by atoms with Gasteiger partial charge in [-0.1, -0.05) is 55.5 Å². The highest BCUT2D eigenvalue weighted by molar-refractivity contribution is 5.85. The number of rotatable bonds is 8. The number of nitrogens with zero attached hydrogens (tertiary/aromatic N) is 1. The van der Waals surface area contributed by atoms with Gasteiger partial charge in [0.2, 0.25) is 0 Å². The number of halogens is 1. The Morgan fingerprint density at radius 2 is 1.46 bits per heavy atom. The predicted molar refractivity (Wildman–Crippen MR) is 113 cm³/mol. The monoisotopic (exact) mass is 402 g/mol. The highest BCUT2D eigenvalue weighted by Crippen LogP contribution is 2.25. The van der Waals surface area contributed by atoms with Gasteiger partial charge in [0.1, 0.15) is 12.0 Å². The topological polar surface area (TPSA) is 92.5 Å². The van der Waals surface area contributed by atoms with Gasteiger partial charge in [0.25, 0.3) is 0 Å². The van der Waals surface area contributed by atoms with Crippen molar-refractivity contribution in [2.75, 3.05) is 13.2 Å². The van der Waals surface area contributed by atoms with Crippen LogP contribution in [-0.4, -0.2) is 33.9 Å². The lowest BCUT2D eigenvalue weighted by atomic mass is 9.93. The van der Waals surface area contributed by atoms with Crippen molar-refractivity contribution in [3.63, 3.8) is 0 Å². The number of benzene rings is 2. The first kappa shape index (κ1) is 22.1. The van der Waals surface area contributed by atoms with Crippen LogP contribution in [0.3, 0.4) is 0 Å². The molecular formula is C22H27ClN2O3. The largest absolute Gasteiger partial charge is 0.448 e. The van der Waals surface area contributed by atoms with Crippen molar-refractivity contribution in [1.82, 2.24) is 4.98 Å². The molecule has 0 amide bonds. The van der Waals surface area contributed by atoms with E-state index in [9.17, 15) is 10.2 Å². The minimum Gasteiger partial charge on any atom is -0.448 e. The van der Waals surface area contributed by atoms with Crippen LogP contribution in [0.4, 0.5) is 0 Å². The first-order valence-electron chi connectivity index (χ1n) is 9.21. The minimum atomic E-state index is -0.923. The van der Waals surface area contributed by atoms with E-state index in [0.29, 0.717) is 12.8 Å². The maximum Gasteiger partial charge on any atom is 0.194 e. The number of oxazole rings is 1. The molecule has 2 aromatic carbocycles. The molecule has 0 saturated heterocycles. The molecule has 0 spiro atoms. The van der Waals surface area contributed by atoms with Crippen molar-refractivity contribution in [3.05, 3.63) is 66.2 Å². The predicted octanol–water partition coefficient (Wildman–Crippen LogP) is 3.61. The van der Waals surface area contributed by atoms with Crippen LogP contribution in [0.2, 0.25) is 0 Å². The molecular weight excluding hydrogens is 376 g/mol. The van der Waals surface area contributed by atoms with Crippen molar-refractivity contribution in [2.45, 2.75) is 31.7 Å². The molecule has 5 nitrogen and oxygen atoms in total. The van der Waals surface area contributed by atoms with E-state index in [1.54, 1.807) is 6.26 Å². The van der Waals surface area contributed by atoms with Gasteiger partial charge in [0.05, 0.1) is 18.8 Å². The van der Waals surface area contributed by atoms with Crippen LogP contribution in [0, 0.1) is 0 Å². The molecule has 0 aliphatic rings. The van der Waals surface area contributed by atoms with E-state index in [4.69, 9.17) is 10.2 Å². The Balaban J connectivity index is 0.00000280. The summed E-state index contributed by atoms with van der Waals surface area (Å²) in [5, 5.41) is 18.6. The number of nitrogens with two attached hydrogens (primary N) is 1. The summed E-state index contributed by atoms with van der Waals surface area (Å²) in [4.78, 5) is 4.45. The second-order valence-corrected chi connectivity index (χ2v) is 6.93. The fraction of sp³-hybridized carbons (Fsp3) is 0.318. The van der Waals surface area contributed by atoms with Crippen LogP contribution in [0.15, 0.2) is 59.2 Å². The lowest BCUT2D eigenvalue weighted by Crippen LogP contribution is -2.47. The third-order valence-corrected chi connectivity index (χ3v) is 4.86. The van der Waals surface area contributed by atoms with E-state index in [2.05, 4.69) is 41.4 Å². The smallest absolute Gasteiger partial charge is 0.194 e. The van der Waals surface area contributed by atoms with Crippen LogP contribution in [-0.2, 0) is 12.8 Å². The summed E-state index contributed by atoms with van der Waals surface area (Å²) < 4.78 is 5.41. The van der Waals surface area contributed by atoms with E-state index in [0.717, 1.165) is 40.3 Å². The first-order chi connectivity index (χ1) is 13.1. The maximum absolute atomic E-state index is 9.28. The molecule has 3 rings (SSSR count). The van der Waals surface area contributed by atoms with Crippen molar-refractivity contribution >= 4 is 12.4 Å². The van der Waals surface area contributed by atoms with Crippen LogP contribution < -0.4 is 5.73 Å². The summed E-state index contributed by atoms with van der Waals surface area (Å²) in [6.45, 7) is 1.57. The van der Waals surface area contributed by atoms with Crippen LogP contribution >= 0.6 is 12.4 Å². The average molecular weight is 403 g/mol. The highest BCUT2D eigenvalue weighted by atomic mass is 35.5. The lowest BCUT2D eigenvalue weighted by molar-refractivity contribution is 0.115. The van der Waals surface area contributed by atoms with Crippen LogP contribution in [0.5, 0.6) is 0 Å². The number of hydrogen-bond acceptors (Lipinski definition) is 5. The molecule has 0 radical (unpaired) electrons. The summed E-state index contributed by atoms with van der Waals surface area (Å²) in [5.74, 6) is 0.744. The SMILES string of the molecule is CCc1nc(-c2ccc(-c3ccc(CCC(N)(CO)CO)cc3)cc2)co1.Cl. The van der Waals surface area contributed by atoms with Crippen LogP contribution in [0.1, 0.15) is 24.8 Å². The molecule has 0 aliphatic heterocycles. The molecule has 1 aromatic heterocycles. The fourth-order valence-corrected chi connectivity index (χ4v) is 2.90. The highest BCUT2D eigenvalue weighted by Gasteiger charge is 2.22. The van der Waals surface area contributed by atoms with E-state index < -0.39 is 5.54 Å². The molecule has 0 fully saturated rings. The molecule has 0 unspecified atom stereocenters. The van der Waals surface area contributed by atoms with Gasteiger partial charge in [-0.15, -0.1) is 12.4 Å². The molecule has 28 heavy (non-hydrogen) atoms. The Hall–Kier alpha value is -2.18. The van der Waals surface area contributed by atoms with Gasteiger partial charge in [-0.2, -0.15) is 0 Å². The number of aliphatic hydroxyl groups is 2. The van der Waals surface area contributed by atoms with Gasteiger partial charge in [0.15, 0.2) is 5.89 Å². The van der Waals surface area contributed by atoms with Gasteiger partial charge in [-0.25, -0.2) is 4.98 Å². The Labute approximate surface area is 171 Å². The zero-order valence-corrected chi connectivity index (χ0v) is 16.8. The third-order valence-electron chi connectivity index (χ3n) is 4.86. The number of aromatic nitrogens is 1. The Bertz CT molecular complexity index is 856. The molecule has 3 aromatic rings. The fourth-order valence-electron chi connectivity index (χ4n) is 2.90. The molecule has 4 N–H and O–H groups in total. The Kier molecular flexibility index (Phi) is 7.78. The molecule has 0 aliphatic carbocycles. The molecule has 0 bridgehead atoms. The summed E-state index contributed by atoms with van der Waals surface area (Å²) in [5.41, 5.74) is 10.3. The summed E-state index contributed by atoms with van der Waals surface area (Å²) in [6.07, 6.45) is 3.72. The third kappa shape index (κ3) is 5.20. The second-order valence-electron chi connectivity index (χ2n) is 6.93. The quantitative estimate of drug-likeness (QED) is 0.535. The van der Waals surface area contributed by atoms with Crippen molar-refractivity contribution in [1.29, 1.82) is 0 Å². The zero-order valence-electron chi connectivity index (χ0n) is 16.0. The Morgan fingerprint density at radius 1 is 0.929 bits per heavy atom. The van der Waals surface area contributed by atoms with E-state index in [1.807, 2.05) is 19.1 Å². The molecule has 0 atom stereocenters. The molecule has 150 valence electrons. The van der Waals surface area contributed by atoms with Gasteiger partial charge < -0.3 is 20.4 Å². The molecule has 1 heterocycles. The first-order valence-corrected chi connectivity index (χ1v) is 9.21. The summed E-state index contributed by atoms with van der Waals surface area (Å²) >= 11 is 0. The standard InChI is InChI=1S/C22H26N2O3.ClH/c1-2-21-24-20(13-27-21)19-9-7-18(8-10-19)17-5-3-16(4-6-17)11-12-22(23,14-25)15-26;/h3-10,13,25-26H,2,11-12,14-15,23H2,1H3;1H. The van der Waals surface area contributed by atoms with E-state index in [1.165, 1.54) is 0 Å². The Morgan fingerprint density at radius 3 is 1.96 bits per heavy atom. The summed E-state index contributed by atoms with van der Waals surface area (Å²) in [7, 11) is 0. The van der Waals surface area contributed by atoms with Gasteiger partial charge in [0, 0.05) is 12.0 Å². The van der Waals surface area contributed by atoms with Gasteiger partial charge >= 0.3 is 0 Å². The van der Waals surface area contributed by atoms with Crippen molar-refractivity contribution in [2.24, 2.45) is 5.73 Å². The van der Waals surface area contributed by atoms with E-state index >= 15 is 0 Å². The number of hydrogen-bond donors (Lipinski definition) is 3. The van der Waals surface area contributed by atoms with Crippen LogP contribution in [0.25, 0.3) is 22.4 Å². The maximum atomic E-state index is 9.28. The molecule has 0 saturated carbocycles. The average Bonchev–Trinajstić information content (AvgIpc) is 3.22. The van der Waals surface area contributed by atoms with Crippen molar-refractivity contribution in [3.8, 4) is 22.4 Å². The summed E-state index contributed by atoms with van der Waals surface area (Å²) in [6, 6.07) is 16.5. The zero-order chi connectivity index (χ0) is 19.3. The normalized spacial score (nSPS) is 11.3.